The van der Waals surface area contributed by atoms with E-state index in [-0.39, 0.29) is 49.3 Å². The van der Waals surface area contributed by atoms with E-state index in [1.165, 1.54) is 0 Å². The summed E-state index contributed by atoms with van der Waals surface area (Å²) in [4.78, 5) is 127. The van der Waals surface area contributed by atoms with Crippen molar-refractivity contribution in [2.24, 2.45) is 28.7 Å². The van der Waals surface area contributed by atoms with Crippen molar-refractivity contribution in [2.75, 3.05) is 25.4 Å². The molecule has 0 spiro atoms. The second kappa shape index (κ2) is 41.7. The first kappa shape index (κ1) is 71.5. The van der Waals surface area contributed by atoms with Crippen LogP contribution in [0.25, 0.3) is 0 Å². The van der Waals surface area contributed by atoms with Crippen LogP contribution < -0.4 is 39.3 Å². The average molecular weight is 1010 g/mol. The van der Waals surface area contributed by atoms with Gasteiger partial charge >= 0.3 is 35.8 Å². The Kier molecular flexibility index (Phi) is 43.3. The van der Waals surface area contributed by atoms with Gasteiger partial charge in [-0.25, -0.2) is 4.79 Å². The molecule has 0 aliphatic rings. The number of nitrogens with two attached hydrogens (primary N) is 5. The highest BCUT2D eigenvalue weighted by Crippen LogP contribution is 2.11. The van der Waals surface area contributed by atoms with E-state index in [4.69, 9.17) is 58.9 Å². The molecular weight excluding hydrogens is 935 g/mol. The average Bonchev–Trinajstić information content (AvgIpc) is 3.26. The topological polar surface area (TPSA) is 469 Å². The largest absolute Gasteiger partial charge is 0.480 e. The van der Waals surface area contributed by atoms with Gasteiger partial charge in [0.05, 0.1) is 6.61 Å². The van der Waals surface area contributed by atoms with Crippen LogP contribution in [-0.2, 0) is 62.3 Å². The zero-order chi connectivity index (χ0) is 55.1. The van der Waals surface area contributed by atoms with E-state index in [0.717, 1.165) is 18.7 Å². The minimum atomic E-state index is -1.24. The maximum Gasteiger partial charge on any atom is 0.333 e. The number of carboxylic acid groups (broad SMARTS) is 5. The lowest BCUT2D eigenvalue weighted by molar-refractivity contribution is -0.143. The monoisotopic (exact) mass is 1010 g/mol. The van der Waals surface area contributed by atoms with E-state index in [9.17, 15) is 57.5 Å². The first-order valence-electron chi connectivity index (χ1n) is 20.7. The summed E-state index contributed by atoms with van der Waals surface area (Å²) in [5, 5.41) is 47.1. The molecule has 26 heteroatoms. The fourth-order valence-corrected chi connectivity index (χ4v) is 4.31. The minimum Gasteiger partial charge on any atom is -0.480 e. The standard InChI is InChI=1S/C9H16N2O3.C9H15NO4.C9H15NO3S.C8H14N2O3.C8H11NO5/c1-6(2)8(12)11-5-3-4-7(10)9(13)14;2*1-6(2)9(13)14-5-3-4-7(10)8(11)12;1-5(2)7(11)10-4-3-6(9)8(12)13;1-4(10)7(12)6(11)3-2-5(9)8(13)14/h7H,1,3-5,10H2,2H3,(H,11,12)(H,13,14);2*7H,1,3-5,10H2,2H3,(H,11,12);6H,1,3-4,9H2,2H3,(H,10,11)(H,12,13);5H,2-3,9H2,1H3,(H,13,14). The molecule has 392 valence electrons. The molecule has 0 fully saturated rings. The molecule has 0 aromatic rings. The maximum atomic E-state index is 11.0. The molecule has 0 aliphatic heterocycles. The van der Waals surface area contributed by atoms with Gasteiger partial charge in [0.2, 0.25) is 28.5 Å². The second-order valence-electron chi connectivity index (χ2n) is 14.7. The number of amides is 2. The van der Waals surface area contributed by atoms with Gasteiger partial charge in [0, 0.05) is 48.9 Å². The number of carboxylic acids is 5. The summed E-state index contributed by atoms with van der Waals surface area (Å²) < 4.78 is 4.75. The molecule has 25 nitrogen and oxygen atoms in total. The first-order chi connectivity index (χ1) is 31.6. The predicted octanol–water partition coefficient (Wildman–Crippen LogP) is -0.431. The molecule has 69 heavy (non-hydrogen) atoms. The van der Waals surface area contributed by atoms with E-state index in [2.05, 4.69) is 36.9 Å². The molecule has 2 amide bonds. The van der Waals surface area contributed by atoms with Crippen LogP contribution in [0.3, 0.4) is 0 Å². The van der Waals surface area contributed by atoms with Crippen LogP contribution in [-0.4, -0.2) is 151 Å². The Morgan fingerprint density at radius 3 is 1.22 bits per heavy atom. The van der Waals surface area contributed by atoms with Gasteiger partial charge in [0.1, 0.15) is 30.2 Å². The number of ether oxygens (including phenoxy) is 1. The van der Waals surface area contributed by atoms with Crippen molar-refractivity contribution in [3.8, 4) is 0 Å². The molecule has 0 aromatic carbocycles. The van der Waals surface area contributed by atoms with Crippen LogP contribution in [0.2, 0.25) is 0 Å². The van der Waals surface area contributed by atoms with Crippen molar-refractivity contribution in [1.82, 2.24) is 10.6 Å². The molecule has 0 aliphatic carbocycles. The molecule has 0 rings (SSSR count). The Bertz CT molecular complexity index is 1700. The molecule has 0 bridgehead atoms. The van der Waals surface area contributed by atoms with Crippen LogP contribution in [0.4, 0.5) is 0 Å². The summed E-state index contributed by atoms with van der Waals surface area (Å²) >= 11 is 1.15. The molecule has 0 saturated heterocycles. The number of thioether (sulfide) groups is 1. The van der Waals surface area contributed by atoms with Gasteiger partial charge in [-0.2, -0.15) is 0 Å². The fraction of sp³-hybridized carbons (Fsp3) is 0.535. The molecule has 5 atom stereocenters. The quantitative estimate of drug-likeness (QED) is 0.0149. The van der Waals surface area contributed by atoms with Gasteiger partial charge in [0.15, 0.2) is 0 Å². The van der Waals surface area contributed by atoms with Crippen LogP contribution >= 0.6 is 11.8 Å². The normalized spacial score (nSPS) is 11.9. The number of hydrogen-bond donors (Lipinski definition) is 12. The summed E-state index contributed by atoms with van der Waals surface area (Å²) in [7, 11) is 0. The summed E-state index contributed by atoms with van der Waals surface area (Å²) in [6, 6.07) is -4.67. The highest BCUT2D eigenvalue weighted by Gasteiger charge is 2.21. The van der Waals surface area contributed by atoms with Gasteiger partial charge < -0.3 is 69.6 Å². The number of Topliss-reactive ketones (excluding diaryl/α,β-unsaturated/α-hetero) is 3. The number of hydrogen-bond acceptors (Lipinski definition) is 19. The Hall–Kier alpha value is -6.45. The predicted molar refractivity (Wildman–Crippen MR) is 254 cm³/mol. The van der Waals surface area contributed by atoms with Crippen LogP contribution in [0, 0.1) is 0 Å². The number of aliphatic carboxylic acids is 5. The van der Waals surface area contributed by atoms with Crippen molar-refractivity contribution in [2.45, 2.75) is 123 Å². The molecule has 0 radical (unpaired) electrons. The van der Waals surface area contributed by atoms with E-state index in [0.29, 0.717) is 73.1 Å². The number of rotatable bonds is 29. The molecule has 0 heterocycles. The second-order valence-corrected chi connectivity index (χ2v) is 15.8. The minimum absolute atomic E-state index is 0.0473. The number of carbonyl (C=O) groups is 12. The summed E-state index contributed by atoms with van der Waals surface area (Å²) in [6.07, 6.45) is 2.40. The van der Waals surface area contributed by atoms with Crippen LogP contribution in [0.1, 0.15) is 92.4 Å². The zero-order valence-corrected chi connectivity index (χ0v) is 40.6. The highest BCUT2D eigenvalue weighted by molar-refractivity contribution is 8.14. The van der Waals surface area contributed by atoms with Crippen molar-refractivity contribution >= 4 is 81.9 Å². The van der Waals surface area contributed by atoms with Gasteiger partial charge in [-0.15, -0.1) is 0 Å². The molecular formula is C43H71N7O18S. The number of ketones is 3. The van der Waals surface area contributed by atoms with Gasteiger partial charge in [-0.3, -0.25) is 52.7 Å². The lowest BCUT2D eigenvalue weighted by atomic mass is 10.1. The van der Waals surface area contributed by atoms with Gasteiger partial charge in [-0.05, 0) is 84.6 Å². The number of carbonyl (C=O) groups excluding carboxylic acids is 7. The maximum absolute atomic E-state index is 11.0. The first-order valence-corrected chi connectivity index (χ1v) is 21.7. The molecule has 5 unspecified atom stereocenters. The Morgan fingerprint density at radius 1 is 0.493 bits per heavy atom. The van der Waals surface area contributed by atoms with Crippen molar-refractivity contribution < 1.29 is 87.8 Å². The Balaban J connectivity index is -0.000000247. The van der Waals surface area contributed by atoms with E-state index in [1.807, 2.05) is 0 Å². The molecule has 0 saturated carbocycles. The molecule has 0 aromatic heterocycles. The third-order valence-electron chi connectivity index (χ3n) is 7.82. The number of esters is 1. The van der Waals surface area contributed by atoms with E-state index in [1.54, 1.807) is 27.7 Å². The lowest BCUT2D eigenvalue weighted by Crippen LogP contribution is -2.35. The van der Waals surface area contributed by atoms with Crippen molar-refractivity contribution in [1.29, 1.82) is 0 Å². The van der Waals surface area contributed by atoms with E-state index < -0.39 is 83.4 Å². The van der Waals surface area contributed by atoms with Crippen LogP contribution in [0.5, 0.6) is 0 Å². The lowest BCUT2D eigenvalue weighted by Gasteiger charge is -2.07. The number of nitrogens with one attached hydrogen (secondary N) is 2. The van der Waals surface area contributed by atoms with Crippen molar-refractivity contribution in [3.05, 3.63) is 48.6 Å². The zero-order valence-electron chi connectivity index (χ0n) is 39.7. The van der Waals surface area contributed by atoms with Crippen molar-refractivity contribution in [3.63, 3.8) is 0 Å². The summed E-state index contributed by atoms with van der Waals surface area (Å²) in [6.45, 7) is 22.0. The SMILES string of the molecule is C=C(C)C(=O)NCCC(N)C(=O)O.C=C(C)C(=O)NCCCC(N)C(=O)O.C=C(C)C(=O)OCCCC(N)C(=O)O.C=C(C)C(=O)SCCCC(N)C(=O)O.CC(=O)C(=O)C(=O)CCC(N)C(=O)O. The third-order valence-corrected chi connectivity index (χ3v) is 8.92. The van der Waals surface area contributed by atoms with E-state index >= 15 is 0 Å². The molecule has 17 N–H and O–H groups in total. The Labute approximate surface area is 404 Å². The smallest absolute Gasteiger partial charge is 0.333 e. The summed E-state index contributed by atoms with van der Waals surface area (Å²) in [5.41, 5.74) is 27.7. The van der Waals surface area contributed by atoms with Gasteiger partial charge in [-0.1, -0.05) is 38.1 Å². The van der Waals surface area contributed by atoms with Crippen LogP contribution in [0.15, 0.2) is 48.6 Å². The highest BCUT2D eigenvalue weighted by atomic mass is 32.2. The fourth-order valence-electron chi connectivity index (χ4n) is 3.56. The van der Waals surface area contributed by atoms with Gasteiger partial charge in [0.25, 0.3) is 5.78 Å². The Morgan fingerprint density at radius 2 is 0.855 bits per heavy atom. The summed E-state index contributed by atoms with van der Waals surface area (Å²) in [5.74, 6) is -8.59. The third kappa shape index (κ3) is 45.1.